The summed E-state index contributed by atoms with van der Waals surface area (Å²) in [6.45, 7) is 6.17. The second kappa shape index (κ2) is 5.80. The highest BCUT2D eigenvalue weighted by Gasteiger charge is 2.16. The van der Waals surface area contributed by atoms with Crippen LogP contribution >= 0.6 is 11.3 Å². The number of hydrogen-bond donors (Lipinski definition) is 1. The van der Waals surface area contributed by atoms with Gasteiger partial charge < -0.3 is 4.74 Å². The number of hydrogen-bond acceptors (Lipinski definition) is 5. The maximum atomic E-state index is 12.2. The molecular formula is C13H16N2O3S2. The first kappa shape index (κ1) is 14.8. The van der Waals surface area contributed by atoms with Gasteiger partial charge in [0.1, 0.15) is 5.75 Å². The van der Waals surface area contributed by atoms with Crippen molar-refractivity contribution in [3.8, 4) is 5.75 Å². The average Bonchev–Trinajstić information content (AvgIpc) is 2.68. The van der Waals surface area contributed by atoms with E-state index in [1.807, 2.05) is 20.8 Å². The Hall–Kier alpha value is -1.60. The first-order chi connectivity index (χ1) is 9.42. The number of thiazole rings is 1. The molecule has 2 aromatic rings. The van der Waals surface area contributed by atoms with Crippen LogP contribution in [-0.2, 0) is 10.0 Å². The quantitative estimate of drug-likeness (QED) is 0.921. The van der Waals surface area contributed by atoms with Crippen LogP contribution in [0, 0.1) is 13.8 Å². The molecule has 0 atom stereocenters. The van der Waals surface area contributed by atoms with Gasteiger partial charge in [0.2, 0.25) is 0 Å². The minimum Gasteiger partial charge on any atom is -0.494 e. The highest BCUT2D eigenvalue weighted by atomic mass is 32.2. The fourth-order valence-corrected chi connectivity index (χ4v) is 3.62. The van der Waals surface area contributed by atoms with E-state index in [9.17, 15) is 8.42 Å². The Kier molecular flexibility index (Phi) is 4.29. The zero-order valence-corrected chi connectivity index (χ0v) is 13.1. The second-order valence-corrected chi connectivity index (χ2v) is 7.06. The van der Waals surface area contributed by atoms with E-state index in [1.54, 1.807) is 12.1 Å². The van der Waals surface area contributed by atoms with Crippen LogP contribution in [0.2, 0.25) is 0 Å². The molecule has 0 aliphatic heterocycles. The van der Waals surface area contributed by atoms with Crippen LogP contribution < -0.4 is 9.46 Å². The number of sulfonamides is 1. The van der Waals surface area contributed by atoms with Crippen LogP contribution in [-0.4, -0.2) is 20.0 Å². The third-order valence-corrected chi connectivity index (χ3v) is 5.17. The number of nitrogens with zero attached hydrogens (tertiary/aromatic N) is 1. The fraction of sp³-hybridized carbons (Fsp3) is 0.308. The standard InChI is InChI=1S/C13H16N2O3S2/c1-4-18-11-5-7-12(8-6-11)20(16,17)15-13-14-9(2)10(3)19-13/h5-8H,4H2,1-3H3,(H,14,15). The van der Waals surface area contributed by atoms with Crippen LogP contribution in [0.1, 0.15) is 17.5 Å². The van der Waals surface area contributed by atoms with Crippen molar-refractivity contribution in [2.24, 2.45) is 0 Å². The van der Waals surface area contributed by atoms with Gasteiger partial charge in [-0.25, -0.2) is 13.4 Å². The molecule has 1 N–H and O–H groups in total. The van der Waals surface area contributed by atoms with Gasteiger partial charge in [-0.15, -0.1) is 11.3 Å². The largest absolute Gasteiger partial charge is 0.494 e. The molecule has 1 aromatic heterocycles. The molecule has 0 saturated carbocycles. The van der Waals surface area contributed by atoms with Crippen molar-refractivity contribution in [1.82, 2.24) is 4.98 Å². The summed E-state index contributed by atoms with van der Waals surface area (Å²) < 4.78 is 32.2. The molecule has 108 valence electrons. The lowest BCUT2D eigenvalue weighted by Gasteiger charge is -2.06. The Balaban J connectivity index is 2.21. The van der Waals surface area contributed by atoms with Crippen LogP contribution in [0.3, 0.4) is 0 Å². The van der Waals surface area contributed by atoms with E-state index in [4.69, 9.17) is 4.74 Å². The summed E-state index contributed by atoms with van der Waals surface area (Å²) in [6.07, 6.45) is 0. The summed E-state index contributed by atoms with van der Waals surface area (Å²) in [5, 5.41) is 0.383. The SMILES string of the molecule is CCOc1ccc(S(=O)(=O)Nc2nc(C)c(C)s2)cc1. The maximum Gasteiger partial charge on any atom is 0.263 e. The fourth-order valence-electron chi connectivity index (χ4n) is 1.57. The number of benzene rings is 1. The lowest BCUT2D eigenvalue weighted by molar-refractivity contribution is 0.340. The summed E-state index contributed by atoms with van der Waals surface area (Å²) in [7, 11) is -3.61. The van der Waals surface area contributed by atoms with E-state index in [2.05, 4.69) is 9.71 Å². The van der Waals surface area contributed by atoms with Crippen molar-refractivity contribution in [2.45, 2.75) is 25.7 Å². The number of nitrogens with one attached hydrogen (secondary N) is 1. The molecular weight excluding hydrogens is 296 g/mol. The normalized spacial score (nSPS) is 11.3. The first-order valence-corrected chi connectivity index (χ1v) is 8.42. The molecule has 0 spiro atoms. The highest BCUT2D eigenvalue weighted by Crippen LogP contribution is 2.24. The summed E-state index contributed by atoms with van der Waals surface area (Å²) in [5.41, 5.74) is 0.833. The van der Waals surface area contributed by atoms with Gasteiger partial charge >= 0.3 is 0 Å². The minimum atomic E-state index is -3.61. The first-order valence-electron chi connectivity index (χ1n) is 6.12. The predicted octanol–water partition coefficient (Wildman–Crippen LogP) is 2.96. The molecule has 2 rings (SSSR count). The molecule has 0 radical (unpaired) electrons. The molecule has 1 heterocycles. The second-order valence-electron chi connectivity index (χ2n) is 4.17. The molecule has 0 bridgehead atoms. The summed E-state index contributed by atoms with van der Waals surface area (Å²) in [5.74, 6) is 0.646. The lowest BCUT2D eigenvalue weighted by Crippen LogP contribution is -2.12. The van der Waals surface area contributed by atoms with Crippen LogP contribution in [0.5, 0.6) is 5.75 Å². The third kappa shape index (κ3) is 3.29. The summed E-state index contributed by atoms with van der Waals surface area (Å²) in [6, 6.07) is 6.30. The Labute approximate surface area is 122 Å². The Morgan fingerprint density at radius 3 is 2.40 bits per heavy atom. The maximum absolute atomic E-state index is 12.2. The van der Waals surface area contributed by atoms with Crippen molar-refractivity contribution in [3.05, 3.63) is 34.8 Å². The molecule has 0 fully saturated rings. The van der Waals surface area contributed by atoms with Gasteiger partial charge in [0.15, 0.2) is 5.13 Å². The van der Waals surface area contributed by atoms with E-state index in [0.717, 1.165) is 10.6 Å². The van der Waals surface area contributed by atoms with Crippen LogP contribution in [0.15, 0.2) is 29.2 Å². The number of aromatic nitrogens is 1. The molecule has 0 amide bonds. The van der Waals surface area contributed by atoms with Gasteiger partial charge in [0.05, 0.1) is 17.2 Å². The predicted molar refractivity (Wildman–Crippen MR) is 80.0 cm³/mol. The molecule has 0 saturated heterocycles. The molecule has 7 heteroatoms. The van der Waals surface area contributed by atoms with Crippen LogP contribution in [0.25, 0.3) is 0 Å². The van der Waals surface area contributed by atoms with E-state index in [1.165, 1.54) is 23.5 Å². The van der Waals surface area contributed by atoms with Gasteiger partial charge in [-0.1, -0.05) is 0 Å². The molecule has 20 heavy (non-hydrogen) atoms. The van der Waals surface area contributed by atoms with Crippen molar-refractivity contribution in [1.29, 1.82) is 0 Å². The topological polar surface area (TPSA) is 68.3 Å². The Morgan fingerprint density at radius 1 is 1.25 bits per heavy atom. The third-order valence-electron chi connectivity index (χ3n) is 2.70. The minimum absolute atomic E-state index is 0.187. The zero-order valence-electron chi connectivity index (χ0n) is 11.5. The van der Waals surface area contributed by atoms with Crippen molar-refractivity contribution < 1.29 is 13.2 Å². The smallest absolute Gasteiger partial charge is 0.263 e. The van der Waals surface area contributed by atoms with Gasteiger partial charge in [-0.2, -0.15) is 0 Å². The van der Waals surface area contributed by atoms with Gasteiger partial charge in [-0.3, -0.25) is 4.72 Å². The molecule has 5 nitrogen and oxygen atoms in total. The summed E-state index contributed by atoms with van der Waals surface area (Å²) in [4.78, 5) is 5.35. The lowest BCUT2D eigenvalue weighted by atomic mass is 10.3. The van der Waals surface area contributed by atoms with Crippen molar-refractivity contribution in [3.63, 3.8) is 0 Å². The van der Waals surface area contributed by atoms with Crippen molar-refractivity contribution in [2.75, 3.05) is 11.3 Å². The van der Waals surface area contributed by atoms with Gasteiger partial charge in [0, 0.05) is 4.88 Å². The average molecular weight is 312 g/mol. The summed E-state index contributed by atoms with van der Waals surface area (Å²) >= 11 is 1.32. The van der Waals surface area contributed by atoms with Crippen molar-refractivity contribution >= 4 is 26.5 Å². The Bertz CT molecular complexity index is 671. The highest BCUT2D eigenvalue weighted by molar-refractivity contribution is 7.93. The molecule has 0 unspecified atom stereocenters. The van der Waals surface area contributed by atoms with Crippen LogP contribution in [0.4, 0.5) is 5.13 Å². The van der Waals surface area contributed by atoms with E-state index in [0.29, 0.717) is 17.5 Å². The zero-order chi connectivity index (χ0) is 14.8. The van der Waals surface area contributed by atoms with E-state index < -0.39 is 10.0 Å². The number of ether oxygens (including phenoxy) is 1. The number of rotatable bonds is 5. The molecule has 0 aliphatic rings. The number of anilines is 1. The van der Waals surface area contributed by atoms with E-state index in [-0.39, 0.29) is 4.90 Å². The number of aryl methyl sites for hydroxylation is 2. The molecule has 1 aromatic carbocycles. The Morgan fingerprint density at radius 2 is 1.90 bits per heavy atom. The van der Waals surface area contributed by atoms with E-state index >= 15 is 0 Å². The van der Waals surface area contributed by atoms with Gasteiger partial charge in [0.25, 0.3) is 10.0 Å². The molecule has 0 aliphatic carbocycles. The monoisotopic (exact) mass is 312 g/mol. The van der Waals surface area contributed by atoms with Gasteiger partial charge in [-0.05, 0) is 45.0 Å².